The smallest absolute Gasteiger partial charge is 0.275 e. The van der Waals surface area contributed by atoms with Crippen LogP contribution >= 0.6 is 0 Å². The number of anilines is 1. The van der Waals surface area contributed by atoms with Gasteiger partial charge in [0.2, 0.25) is 0 Å². The van der Waals surface area contributed by atoms with E-state index < -0.39 is 6.10 Å². The zero-order valence-corrected chi connectivity index (χ0v) is 12.0. The van der Waals surface area contributed by atoms with Crippen LogP contribution in [0.2, 0.25) is 0 Å². The summed E-state index contributed by atoms with van der Waals surface area (Å²) < 4.78 is 0. The van der Waals surface area contributed by atoms with Crippen molar-refractivity contribution in [1.29, 1.82) is 0 Å². The number of nitrogens with zero attached hydrogens (tertiary/aromatic N) is 2. The molecule has 0 bridgehead atoms. The number of carbonyl (C=O) groups excluding carboxylic acids is 1. The van der Waals surface area contributed by atoms with E-state index in [1.807, 2.05) is 6.07 Å². The van der Waals surface area contributed by atoms with Crippen LogP contribution in [0.25, 0.3) is 10.9 Å². The molecular formula is C15H20N4O2. The van der Waals surface area contributed by atoms with Gasteiger partial charge in [-0.2, -0.15) is 5.10 Å². The first-order valence-corrected chi connectivity index (χ1v) is 7.27. The summed E-state index contributed by atoms with van der Waals surface area (Å²) in [5, 5.41) is 17.8. The van der Waals surface area contributed by atoms with Crippen LogP contribution in [0.3, 0.4) is 0 Å². The second-order valence-corrected chi connectivity index (χ2v) is 5.71. The summed E-state index contributed by atoms with van der Waals surface area (Å²) >= 11 is 0. The number of rotatable bonds is 2. The lowest BCUT2D eigenvalue weighted by Crippen LogP contribution is -2.46. The number of hydrogen-bond acceptors (Lipinski definition) is 4. The molecule has 1 heterocycles. The molecule has 21 heavy (non-hydrogen) atoms. The second-order valence-electron chi connectivity index (χ2n) is 5.71. The fraction of sp³-hybridized carbons (Fsp3) is 0.467. The maximum atomic E-state index is 12.7. The maximum absolute atomic E-state index is 12.7. The summed E-state index contributed by atoms with van der Waals surface area (Å²) in [6, 6.07) is 5.18. The summed E-state index contributed by atoms with van der Waals surface area (Å²) in [4.78, 5) is 14.3. The minimum Gasteiger partial charge on any atom is -0.399 e. The van der Waals surface area contributed by atoms with Crippen LogP contribution in [-0.4, -0.2) is 45.3 Å². The van der Waals surface area contributed by atoms with Gasteiger partial charge in [0.15, 0.2) is 5.69 Å². The number of nitrogen functional groups attached to an aromatic ring is 1. The van der Waals surface area contributed by atoms with Gasteiger partial charge in [0.05, 0.1) is 17.7 Å². The van der Waals surface area contributed by atoms with Crippen LogP contribution in [0.4, 0.5) is 5.69 Å². The van der Waals surface area contributed by atoms with Crippen LogP contribution in [0, 0.1) is 0 Å². The quantitative estimate of drug-likeness (QED) is 0.730. The van der Waals surface area contributed by atoms with E-state index in [0.717, 1.165) is 36.6 Å². The molecule has 112 valence electrons. The molecule has 6 heteroatoms. The van der Waals surface area contributed by atoms with Crippen LogP contribution in [0.5, 0.6) is 0 Å². The zero-order chi connectivity index (χ0) is 15.0. The highest BCUT2D eigenvalue weighted by Gasteiger charge is 2.31. The molecule has 1 aliphatic carbocycles. The van der Waals surface area contributed by atoms with Gasteiger partial charge in [-0.25, -0.2) is 0 Å². The van der Waals surface area contributed by atoms with Gasteiger partial charge >= 0.3 is 0 Å². The van der Waals surface area contributed by atoms with Crippen molar-refractivity contribution < 1.29 is 9.90 Å². The van der Waals surface area contributed by atoms with Crippen molar-refractivity contribution in [2.24, 2.45) is 0 Å². The number of aliphatic hydroxyl groups excluding tert-OH is 1. The van der Waals surface area contributed by atoms with E-state index in [-0.39, 0.29) is 11.9 Å². The molecule has 1 amide bonds. The molecule has 2 unspecified atom stereocenters. The van der Waals surface area contributed by atoms with E-state index in [0.29, 0.717) is 11.4 Å². The van der Waals surface area contributed by atoms with Gasteiger partial charge in [-0.15, -0.1) is 0 Å². The van der Waals surface area contributed by atoms with Gasteiger partial charge < -0.3 is 15.7 Å². The molecular weight excluding hydrogens is 268 g/mol. The molecule has 4 N–H and O–H groups in total. The number of nitrogens with two attached hydrogens (primary N) is 1. The summed E-state index contributed by atoms with van der Waals surface area (Å²) in [6.45, 7) is 0. The van der Waals surface area contributed by atoms with Crippen LogP contribution in [0.1, 0.15) is 36.2 Å². The Bertz CT molecular complexity index is 667. The van der Waals surface area contributed by atoms with E-state index in [1.54, 1.807) is 24.1 Å². The number of benzene rings is 1. The first-order chi connectivity index (χ1) is 10.1. The van der Waals surface area contributed by atoms with Crippen LogP contribution < -0.4 is 5.73 Å². The molecule has 0 radical (unpaired) electrons. The molecule has 0 spiro atoms. The lowest BCUT2D eigenvalue weighted by Gasteiger charge is -2.34. The number of amides is 1. The molecule has 0 aliphatic heterocycles. The van der Waals surface area contributed by atoms with Crippen molar-refractivity contribution in [1.82, 2.24) is 15.1 Å². The Morgan fingerprint density at radius 2 is 2.19 bits per heavy atom. The zero-order valence-electron chi connectivity index (χ0n) is 12.0. The Morgan fingerprint density at radius 1 is 1.43 bits per heavy atom. The third kappa shape index (κ3) is 2.47. The molecule has 1 aromatic heterocycles. The molecule has 0 saturated heterocycles. The predicted octanol–water partition coefficient (Wildman–Crippen LogP) is 1.52. The number of nitrogens with one attached hydrogen (secondary N) is 1. The summed E-state index contributed by atoms with van der Waals surface area (Å²) in [5.41, 5.74) is 7.52. The Balaban J connectivity index is 1.91. The molecule has 3 rings (SSSR count). The standard InChI is InChI=1S/C15H20N4O2/c1-19(12-4-2-3-5-13(12)20)15(21)14-10-8-9(16)6-7-11(10)17-18-14/h6-8,12-13,20H,2-5,16H2,1H3,(H,17,18). The topological polar surface area (TPSA) is 95.2 Å². The Kier molecular flexibility index (Phi) is 3.55. The van der Waals surface area contributed by atoms with Crippen molar-refractivity contribution in [3.63, 3.8) is 0 Å². The summed E-state index contributed by atoms with van der Waals surface area (Å²) in [6.07, 6.45) is 3.17. The van der Waals surface area contributed by atoms with Crippen molar-refractivity contribution in [2.75, 3.05) is 12.8 Å². The number of H-pyrrole nitrogens is 1. The number of fused-ring (bicyclic) bond motifs is 1. The first-order valence-electron chi connectivity index (χ1n) is 7.27. The monoisotopic (exact) mass is 288 g/mol. The third-order valence-corrected chi connectivity index (χ3v) is 4.30. The minimum absolute atomic E-state index is 0.140. The van der Waals surface area contributed by atoms with Crippen molar-refractivity contribution >= 4 is 22.5 Å². The lowest BCUT2D eigenvalue weighted by atomic mass is 9.91. The average Bonchev–Trinajstić information content (AvgIpc) is 2.89. The predicted molar refractivity (Wildman–Crippen MR) is 80.9 cm³/mol. The number of aromatic nitrogens is 2. The highest BCUT2D eigenvalue weighted by molar-refractivity contribution is 6.05. The Morgan fingerprint density at radius 3 is 2.95 bits per heavy atom. The summed E-state index contributed by atoms with van der Waals surface area (Å²) in [5.74, 6) is -0.183. The van der Waals surface area contributed by atoms with Gasteiger partial charge in [-0.1, -0.05) is 12.8 Å². The van der Waals surface area contributed by atoms with E-state index in [9.17, 15) is 9.90 Å². The number of aliphatic hydroxyl groups is 1. The number of aromatic amines is 1. The van der Waals surface area contributed by atoms with Crippen molar-refractivity contribution in [3.8, 4) is 0 Å². The van der Waals surface area contributed by atoms with E-state index in [2.05, 4.69) is 10.2 Å². The molecule has 1 aromatic carbocycles. The van der Waals surface area contributed by atoms with E-state index >= 15 is 0 Å². The summed E-state index contributed by atoms with van der Waals surface area (Å²) in [7, 11) is 1.73. The fourth-order valence-corrected chi connectivity index (χ4v) is 3.06. The number of likely N-dealkylation sites (N-methyl/N-ethyl adjacent to an activating group) is 1. The minimum atomic E-state index is -0.456. The molecule has 1 aliphatic rings. The Hall–Kier alpha value is -2.08. The first kappa shape index (κ1) is 13.9. The van der Waals surface area contributed by atoms with Crippen molar-refractivity contribution in [3.05, 3.63) is 23.9 Å². The number of hydrogen-bond donors (Lipinski definition) is 3. The largest absolute Gasteiger partial charge is 0.399 e. The Labute approximate surface area is 122 Å². The SMILES string of the molecule is CN(C(=O)c1n[nH]c2ccc(N)cc12)C1CCCCC1O. The van der Waals surface area contributed by atoms with Gasteiger partial charge in [0, 0.05) is 18.1 Å². The molecule has 2 aromatic rings. The van der Waals surface area contributed by atoms with Gasteiger partial charge in [-0.3, -0.25) is 9.89 Å². The molecule has 6 nitrogen and oxygen atoms in total. The average molecular weight is 288 g/mol. The highest BCUT2D eigenvalue weighted by atomic mass is 16.3. The van der Waals surface area contributed by atoms with Gasteiger partial charge in [0.25, 0.3) is 5.91 Å². The van der Waals surface area contributed by atoms with Crippen LogP contribution in [0.15, 0.2) is 18.2 Å². The normalized spacial score (nSPS) is 22.4. The van der Waals surface area contributed by atoms with Gasteiger partial charge in [-0.05, 0) is 31.0 Å². The van der Waals surface area contributed by atoms with E-state index in [1.165, 1.54) is 0 Å². The van der Waals surface area contributed by atoms with Crippen LogP contribution in [-0.2, 0) is 0 Å². The fourth-order valence-electron chi connectivity index (χ4n) is 3.06. The third-order valence-electron chi connectivity index (χ3n) is 4.30. The molecule has 2 atom stereocenters. The molecule has 1 saturated carbocycles. The second kappa shape index (κ2) is 5.37. The van der Waals surface area contributed by atoms with E-state index in [4.69, 9.17) is 5.73 Å². The number of carbonyl (C=O) groups is 1. The maximum Gasteiger partial charge on any atom is 0.275 e. The highest BCUT2D eigenvalue weighted by Crippen LogP contribution is 2.25. The van der Waals surface area contributed by atoms with Crippen molar-refractivity contribution in [2.45, 2.75) is 37.8 Å². The lowest BCUT2D eigenvalue weighted by molar-refractivity contribution is 0.0265. The molecule has 1 fully saturated rings. The van der Waals surface area contributed by atoms with Gasteiger partial charge in [0.1, 0.15) is 0 Å².